The first-order valence-corrected chi connectivity index (χ1v) is 7.41. The van der Waals surface area contributed by atoms with Gasteiger partial charge in [-0.2, -0.15) is 0 Å². The molecule has 1 aromatic rings. The minimum Gasteiger partial charge on any atom is -0.347 e. The van der Waals surface area contributed by atoms with E-state index in [-0.39, 0.29) is 16.4 Å². The zero-order chi connectivity index (χ0) is 14.7. The standard InChI is InChI=1S/C15H20N2O4/c18-17(19)14-4-2-1-3-13(14)5-8-16-9-6-15(7-10-16)20-11-12-21-15/h1-4H,5-12H2. The first-order valence-electron chi connectivity index (χ1n) is 7.41. The molecule has 2 aliphatic heterocycles. The number of ether oxygens (including phenoxy) is 2. The Morgan fingerprint density at radius 3 is 2.52 bits per heavy atom. The number of hydrogen-bond acceptors (Lipinski definition) is 5. The average Bonchev–Trinajstić information content (AvgIpc) is 2.95. The van der Waals surface area contributed by atoms with Gasteiger partial charge in [0, 0.05) is 44.1 Å². The topological polar surface area (TPSA) is 64.8 Å². The zero-order valence-electron chi connectivity index (χ0n) is 12.0. The predicted molar refractivity (Wildman–Crippen MR) is 77.1 cm³/mol. The lowest BCUT2D eigenvalue weighted by atomic mass is 10.0. The third kappa shape index (κ3) is 3.23. The van der Waals surface area contributed by atoms with E-state index in [4.69, 9.17) is 9.47 Å². The Bertz CT molecular complexity index is 504. The Balaban J connectivity index is 1.54. The monoisotopic (exact) mass is 292 g/mol. The molecule has 0 aliphatic carbocycles. The lowest BCUT2D eigenvalue weighted by Gasteiger charge is -2.37. The van der Waals surface area contributed by atoms with Gasteiger partial charge in [-0.1, -0.05) is 18.2 Å². The van der Waals surface area contributed by atoms with Gasteiger partial charge in [-0.25, -0.2) is 0 Å². The number of nitro groups is 1. The molecule has 0 radical (unpaired) electrons. The van der Waals surface area contributed by atoms with E-state index >= 15 is 0 Å². The van der Waals surface area contributed by atoms with E-state index in [1.165, 1.54) is 0 Å². The SMILES string of the molecule is O=[N+]([O-])c1ccccc1CCN1CCC2(CC1)OCCO2. The molecule has 3 rings (SSSR count). The summed E-state index contributed by atoms with van der Waals surface area (Å²) in [5, 5.41) is 11.0. The first kappa shape index (κ1) is 14.4. The maximum Gasteiger partial charge on any atom is 0.272 e. The van der Waals surface area contributed by atoms with Crippen LogP contribution in [0.15, 0.2) is 24.3 Å². The van der Waals surface area contributed by atoms with E-state index in [0.29, 0.717) is 19.6 Å². The Labute approximate surface area is 123 Å². The van der Waals surface area contributed by atoms with Crippen molar-refractivity contribution < 1.29 is 14.4 Å². The van der Waals surface area contributed by atoms with Crippen molar-refractivity contribution in [3.05, 3.63) is 39.9 Å². The molecular formula is C15H20N2O4. The van der Waals surface area contributed by atoms with Gasteiger partial charge in [0.25, 0.3) is 5.69 Å². The molecule has 0 amide bonds. The minimum absolute atomic E-state index is 0.216. The fraction of sp³-hybridized carbons (Fsp3) is 0.600. The van der Waals surface area contributed by atoms with Crippen molar-refractivity contribution in [1.29, 1.82) is 0 Å². The molecule has 114 valence electrons. The molecular weight excluding hydrogens is 272 g/mol. The van der Waals surface area contributed by atoms with Crippen molar-refractivity contribution in [1.82, 2.24) is 4.90 Å². The number of para-hydroxylation sites is 1. The third-order valence-corrected chi connectivity index (χ3v) is 4.32. The molecule has 6 heteroatoms. The second kappa shape index (κ2) is 6.09. The van der Waals surface area contributed by atoms with Crippen LogP contribution in [0.5, 0.6) is 0 Å². The molecule has 6 nitrogen and oxygen atoms in total. The number of likely N-dealkylation sites (tertiary alicyclic amines) is 1. The Kier molecular flexibility index (Phi) is 4.19. The van der Waals surface area contributed by atoms with E-state index in [0.717, 1.165) is 38.0 Å². The fourth-order valence-electron chi connectivity index (χ4n) is 3.08. The van der Waals surface area contributed by atoms with Gasteiger partial charge in [0.2, 0.25) is 0 Å². The van der Waals surface area contributed by atoms with Gasteiger partial charge in [0.15, 0.2) is 5.79 Å². The third-order valence-electron chi connectivity index (χ3n) is 4.32. The predicted octanol–water partition coefficient (Wildman–Crippen LogP) is 1.98. The lowest BCUT2D eigenvalue weighted by Crippen LogP contribution is -2.45. The summed E-state index contributed by atoms with van der Waals surface area (Å²) in [7, 11) is 0. The van der Waals surface area contributed by atoms with Crippen LogP contribution >= 0.6 is 0 Å². The summed E-state index contributed by atoms with van der Waals surface area (Å²) in [6.45, 7) is 4.05. The highest BCUT2D eigenvalue weighted by Crippen LogP contribution is 2.31. The van der Waals surface area contributed by atoms with Crippen LogP contribution in [0.2, 0.25) is 0 Å². The van der Waals surface area contributed by atoms with Crippen LogP contribution in [0.1, 0.15) is 18.4 Å². The molecule has 2 aliphatic rings. The number of rotatable bonds is 4. The summed E-state index contributed by atoms with van der Waals surface area (Å²) in [6.07, 6.45) is 2.46. The number of piperidine rings is 1. The Morgan fingerprint density at radius 2 is 1.86 bits per heavy atom. The number of nitrogens with zero attached hydrogens (tertiary/aromatic N) is 2. The van der Waals surface area contributed by atoms with Crippen LogP contribution in [0.4, 0.5) is 5.69 Å². The average molecular weight is 292 g/mol. The maximum atomic E-state index is 11.0. The van der Waals surface area contributed by atoms with Crippen LogP contribution in [-0.4, -0.2) is 48.5 Å². The van der Waals surface area contributed by atoms with Gasteiger partial charge in [-0.15, -0.1) is 0 Å². The van der Waals surface area contributed by atoms with E-state index in [2.05, 4.69) is 4.90 Å². The van der Waals surface area contributed by atoms with Crippen LogP contribution in [0.3, 0.4) is 0 Å². The van der Waals surface area contributed by atoms with Crippen LogP contribution in [0.25, 0.3) is 0 Å². The van der Waals surface area contributed by atoms with Crippen LogP contribution in [-0.2, 0) is 15.9 Å². The second-order valence-corrected chi connectivity index (χ2v) is 5.59. The van der Waals surface area contributed by atoms with E-state index in [1.807, 2.05) is 12.1 Å². The van der Waals surface area contributed by atoms with E-state index in [1.54, 1.807) is 12.1 Å². The van der Waals surface area contributed by atoms with Crippen LogP contribution < -0.4 is 0 Å². The molecule has 0 N–H and O–H groups in total. The van der Waals surface area contributed by atoms with Gasteiger partial charge in [-0.3, -0.25) is 10.1 Å². The van der Waals surface area contributed by atoms with Crippen molar-refractivity contribution in [3.8, 4) is 0 Å². The summed E-state index contributed by atoms with van der Waals surface area (Å²) in [5.74, 6) is -0.352. The minimum atomic E-state index is -0.352. The highest BCUT2D eigenvalue weighted by molar-refractivity contribution is 5.39. The van der Waals surface area contributed by atoms with Crippen molar-refractivity contribution >= 4 is 5.69 Å². The van der Waals surface area contributed by atoms with Crippen molar-refractivity contribution in [3.63, 3.8) is 0 Å². The van der Waals surface area contributed by atoms with Crippen LogP contribution in [0, 0.1) is 10.1 Å². The Hall–Kier alpha value is -1.50. The van der Waals surface area contributed by atoms with Gasteiger partial charge in [0.1, 0.15) is 0 Å². The quantitative estimate of drug-likeness (QED) is 0.627. The molecule has 2 saturated heterocycles. The molecule has 0 unspecified atom stereocenters. The highest BCUT2D eigenvalue weighted by atomic mass is 16.7. The number of benzene rings is 1. The van der Waals surface area contributed by atoms with Crippen molar-refractivity contribution in [2.24, 2.45) is 0 Å². The number of nitro benzene ring substituents is 1. The van der Waals surface area contributed by atoms with Gasteiger partial charge >= 0.3 is 0 Å². The Morgan fingerprint density at radius 1 is 1.19 bits per heavy atom. The molecule has 0 bridgehead atoms. The largest absolute Gasteiger partial charge is 0.347 e. The normalized spacial score (nSPS) is 21.7. The molecule has 1 aromatic carbocycles. The molecule has 0 atom stereocenters. The molecule has 0 saturated carbocycles. The van der Waals surface area contributed by atoms with Gasteiger partial charge in [-0.05, 0) is 6.42 Å². The summed E-state index contributed by atoms with van der Waals surface area (Å²) >= 11 is 0. The van der Waals surface area contributed by atoms with Gasteiger partial charge < -0.3 is 14.4 Å². The maximum absolute atomic E-state index is 11.0. The molecule has 1 spiro atoms. The van der Waals surface area contributed by atoms with Crippen molar-refractivity contribution in [2.75, 3.05) is 32.8 Å². The van der Waals surface area contributed by atoms with E-state index < -0.39 is 0 Å². The summed E-state index contributed by atoms with van der Waals surface area (Å²) < 4.78 is 11.4. The lowest BCUT2D eigenvalue weighted by molar-refractivity contribution is -0.385. The fourth-order valence-corrected chi connectivity index (χ4v) is 3.08. The van der Waals surface area contributed by atoms with Crippen molar-refractivity contribution in [2.45, 2.75) is 25.0 Å². The summed E-state index contributed by atoms with van der Waals surface area (Å²) in [6, 6.07) is 6.97. The summed E-state index contributed by atoms with van der Waals surface area (Å²) in [4.78, 5) is 13.0. The molecule has 2 heterocycles. The first-order chi connectivity index (χ1) is 10.2. The summed E-state index contributed by atoms with van der Waals surface area (Å²) in [5.41, 5.74) is 1.02. The number of hydrogen-bond donors (Lipinski definition) is 0. The van der Waals surface area contributed by atoms with E-state index in [9.17, 15) is 10.1 Å². The molecule has 21 heavy (non-hydrogen) atoms. The second-order valence-electron chi connectivity index (χ2n) is 5.59. The molecule has 0 aromatic heterocycles. The smallest absolute Gasteiger partial charge is 0.272 e. The van der Waals surface area contributed by atoms with Gasteiger partial charge in [0.05, 0.1) is 18.1 Å². The highest BCUT2D eigenvalue weighted by Gasteiger charge is 2.39. The zero-order valence-corrected chi connectivity index (χ0v) is 12.0. The molecule has 2 fully saturated rings.